The van der Waals surface area contributed by atoms with E-state index in [0.29, 0.717) is 5.56 Å². The molecule has 0 saturated heterocycles. The van der Waals surface area contributed by atoms with Crippen molar-refractivity contribution < 1.29 is 9.72 Å². The van der Waals surface area contributed by atoms with Crippen LogP contribution in [-0.4, -0.2) is 17.0 Å². The highest BCUT2D eigenvalue weighted by atomic mass is 32.1. The standard InChI is InChI=1S/C14H13N3O3S/c1-10-2-7-13(21-10)9-15-16-14(18)8-11-3-5-12(6-4-11)17(19)20/h2-7,9H,8H2,1H3,(H,16,18)/b15-9+. The van der Waals surface area contributed by atoms with Gasteiger partial charge in [0.2, 0.25) is 5.91 Å². The summed E-state index contributed by atoms with van der Waals surface area (Å²) in [6.07, 6.45) is 1.71. The van der Waals surface area contributed by atoms with Gasteiger partial charge in [-0.3, -0.25) is 14.9 Å². The average molecular weight is 303 g/mol. The van der Waals surface area contributed by atoms with Crippen molar-refractivity contribution >= 4 is 29.1 Å². The number of nitro groups is 1. The number of nitrogens with zero attached hydrogens (tertiary/aromatic N) is 2. The Labute approximate surface area is 125 Å². The second kappa shape index (κ2) is 6.76. The fraction of sp³-hybridized carbons (Fsp3) is 0.143. The van der Waals surface area contributed by atoms with Crippen molar-refractivity contribution in [3.63, 3.8) is 0 Å². The molecule has 7 heteroatoms. The fourth-order valence-corrected chi connectivity index (χ4v) is 2.40. The third kappa shape index (κ3) is 4.50. The third-order valence-corrected chi connectivity index (χ3v) is 3.59. The maximum Gasteiger partial charge on any atom is 0.269 e. The van der Waals surface area contributed by atoms with Gasteiger partial charge in [0, 0.05) is 21.9 Å². The Hall–Kier alpha value is -2.54. The smallest absolute Gasteiger partial charge is 0.269 e. The number of nitro benzene ring substituents is 1. The molecule has 21 heavy (non-hydrogen) atoms. The molecule has 6 nitrogen and oxygen atoms in total. The summed E-state index contributed by atoms with van der Waals surface area (Å²) < 4.78 is 0. The van der Waals surface area contributed by atoms with Gasteiger partial charge in [0.25, 0.3) is 5.69 Å². The van der Waals surface area contributed by atoms with Crippen LogP contribution in [-0.2, 0) is 11.2 Å². The molecular formula is C14H13N3O3S. The summed E-state index contributed by atoms with van der Waals surface area (Å²) in [7, 11) is 0. The Kier molecular flexibility index (Phi) is 4.78. The lowest BCUT2D eigenvalue weighted by Crippen LogP contribution is -2.19. The highest BCUT2D eigenvalue weighted by molar-refractivity contribution is 7.13. The van der Waals surface area contributed by atoms with Crippen LogP contribution in [0.3, 0.4) is 0 Å². The van der Waals surface area contributed by atoms with Crippen LogP contribution in [0.4, 0.5) is 5.69 Å². The highest BCUT2D eigenvalue weighted by Crippen LogP contribution is 2.13. The molecule has 1 N–H and O–H groups in total. The van der Waals surface area contributed by atoms with E-state index in [9.17, 15) is 14.9 Å². The van der Waals surface area contributed by atoms with E-state index in [1.54, 1.807) is 29.7 Å². The lowest BCUT2D eigenvalue weighted by Gasteiger charge is -2.00. The van der Waals surface area contributed by atoms with Gasteiger partial charge >= 0.3 is 0 Å². The van der Waals surface area contributed by atoms with Gasteiger partial charge in [0.15, 0.2) is 0 Å². The lowest BCUT2D eigenvalue weighted by molar-refractivity contribution is -0.384. The molecule has 0 atom stereocenters. The number of carbonyl (C=O) groups excluding carboxylic acids is 1. The van der Waals surface area contributed by atoms with E-state index < -0.39 is 4.92 Å². The first kappa shape index (κ1) is 14.9. The largest absolute Gasteiger partial charge is 0.273 e. The number of benzene rings is 1. The second-order valence-electron chi connectivity index (χ2n) is 4.34. The molecule has 0 radical (unpaired) electrons. The number of non-ortho nitro benzene ring substituents is 1. The fourth-order valence-electron chi connectivity index (χ4n) is 1.65. The van der Waals surface area contributed by atoms with Gasteiger partial charge in [0.05, 0.1) is 17.6 Å². The quantitative estimate of drug-likeness (QED) is 0.523. The van der Waals surface area contributed by atoms with E-state index >= 15 is 0 Å². The van der Waals surface area contributed by atoms with Crippen molar-refractivity contribution in [2.24, 2.45) is 5.10 Å². The Morgan fingerprint density at radius 3 is 2.62 bits per heavy atom. The van der Waals surface area contributed by atoms with Crippen LogP contribution in [0.15, 0.2) is 41.5 Å². The van der Waals surface area contributed by atoms with Crippen molar-refractivity contribution in [3.8, 4) is 0 Å². The first-order valence-electron chi connectivity index (χ1n) is 6.16. The number of aryl methyl sites for hydroxylation is 1. The molecule has 108 valence electrons. The number of hydrogen-bond acceptors (Lipinski definition) is 5. The molecule has 1 aromatic heterocycles. The SMILES string of the molecule is Cc1ccc(/C=N/NC(=O)Cc2ccc([N+](=O)[O-])cc2)s1. The number of hydrazone groups is 1. The molecule has 0 aliphatic heterocycles. The zero-order valence-electron chi connectivity index (χ0n) is 11.3. The van der Waals surface area contributed by atoms with Gasteiger partial charge in [-0.2, -0.15) is 5.10 Å². The normalized spacial score (nSPS) is 10.7. The molecule has 0 saturated carbocycles. The third-order valence-electron chi connectivity index (χ3n) is 2.65. The van der Waals surface area contributed by atoms with Crippen molar-refractivity contribution in [1.29, 1.82) is 0 Å². The van der Waals surface area contributed by atoms with Crippen LogP contribution in [0.2, 0.25) is 0 Å². The van der Waals surface area contributed by atoms with Gasteiger partial charge in [-0.15, -0.1) is 11.3 Å². The zero-order valence-corrected chi connectivity index (χ0v) is 12.1. The van der Waals surface area contributed by atoms with Crippen LogP contribution in [0.5, 0.6) is 0 Å². The number of hydrogen-bond donors (Lipinski definition) is 1. The number of nitrogens with one attached hydrogen (secondary N) is 1. The molecule has 0 aliphatic rings. The number of rotatable bonds is 5. The van der Waals surface area contributed by atoms with Crippen molar-refractivity contribution in [3.05, 3.63) is 61.8 Å². The minimum Gasteiger partial charge on any atom is -0.273 e. The summed E-state index contributed by atoms with van der Waals surface area (Å²) in [4.78, 5) is 23.9. The Bertz CT molecular complexity index is 677. The van der Waals surface area contributed by atoms with E-state index in [1.807, 2.05) is 19.1 Å². The zero-order chi connectivity index (χ0) is 15.2. The van der Waals surface area contributed by atoms with Crippen molar-refractivity contribution in [2.75, 3.05) is 0 Å². The summed E-state index contributed by atoms with van der Waals surface area (Å²) in [5.74, 6) is -0.270. The van der Waals surface area contributed by atoms with Crippen LogP contribution >= 0.6 is 11.3 Å². The molecule has 0 bridgehead atoms. The Balaban J connectivity index is 1.86. The van der Waals surface area contributed by atoms with Crippen LogP contribution in [0.25, 0.3) is 0 Å². The summed E-state index contributed by atoms with van der Waals surface area (Å²) in [5, 5.41) is 14.4. The molecule has 1 aromatic carbocycles. The van der Waals surface area contributed by atoms with E-state index in [4.69, 9.17) is 0 Å². The van der Waals surface area contributed by atoms with E-state index in [2.05, 4.69) is 10.5 Å². The molecule has 1 heterocycles. The molecule has 0 aliphatic carbocycles. The minimum absolute atomic E-state index is 0.00486. The summed E-state index contributed by atoms with van der Waals surface area (Å²) in [6.45, 7) is 2.00. The maximum absolute atomic E-state index is 11.7. The van der Waals surface area contributed by atoms with Gasteiger partial charge in [-0.25, -0.2) is 5.43 Å². The van der Waals surface area contributed by atoms with Gasteiger partial charge in [-0.1, -0.05) is 12.1 Å². The van der Waals surface area contributed by atoms with E-state index in [1.165, 1.54) is 17.0 Å². The highest BCUT2D eigenvalue weighted by Gasteiger charge is 2.06. The first-order chi connectivity index (χ1) is 10.0. The number of thiophene rings is 1. The molecule has 2 aromatic rings. The summed E-state index contributed by atoms with van der Waals surface area (Å²) >= 11 is 1.58. The van der Waals surface area contributed by atoms with Crippen molar-refractivity contribution in [2.45, 2.75) is 13.3 Å². The minimum atomic E-state index is -0.475. The van der Waals surface area contributed by atoms with Crippen molar-refractivity contribution in [1.82, 2.24) is 5.43 Å². The monoisotopic (exact) mass is 303 g/mol. The van der Waals surface area contributed by atoms with E-state index in [-0.39, 0.29) is 18.0 Å². The summed E-state index contributed by atoms with van der Waals surface area (Å²) in [6, 6.07) is 9.77. The van der Waals surface area contributed by atoms with Gasteiger partial charge in [-0.05, 0) is 24.6 Å². The number of carbonyl (C=O) groups is 1. The predicted octanol–water partition coefficient (Wildman–Crippen LogP) is 2.66. The number of amides is 1. The average Bonchev–Trinajstić information content (AvgIpc) is 2.85. The molecular weight excluding hydrogens is 290 g/mol. The maximum atomic E-state index is 11.7. The van der Waals surface area contributed by atoms with Gasteiger partial charge < -0.3 is 0 Å². The molecule has 0 spiro atoms. The van der Waals surface area contributed by atoms with Gasteiger partial charge in [0.1, 0.15) is 0 Å². The Morgan fingerprint density at radius 1 is 1.33 bits per heavy atom. The summed E-state index contributed by atoms with van der Waals surface area (Å²) in [5.41, 5.74) is 3.13. The van der Waals surface area contributed by atoms with E-state index in [0.717, 1.165) is 4.88 Å². The van der Waals surface area contributed by atoms with Crippen LogP contribution < -0.4 is 5.43 Å². The molecule has 0 unspecified atom stereocenters. The molecule has 1 amide bonds. The Morgan fingerprint density at radius 2 is 2.05 bits per heavy atom. The predicted molar refractivity (Wildman–Crippen MR) is 81.6 cm³/mol. The topological polar surface area (TPSA) is 84.6 Å². The van der Waals surface area contributed by atoms with Crippen LogP contribution in [0, 0.1) is 17.0 Å². The second-order valence-corrected chi connectivity index (χ2v) is 5.66. The van der Waals surface area contributed by atoms with Crippen LogP contribution in [0.1, 0.15) is 15.3 Å². The molecule has 0 fully saturated rings. The first-order valence-corrected chi connectivity index (χ1v) is 6.98. The molecule has 2 rings (SSSR count). The lowest BCUT2D eigenvalue weighted by atomic mass is 10.1.